The van der Waals surface area contributed by atoms with E-state index in [0.29, 0.717) is 0 Å². The van der Waals surface area contributed by atoms with Crippen molar-refractivity contribution in [1.82, 2.24) is 0 Å². The second-order valence-electron chi connectivity index (χ2n) is 0.224. The van der Waals surface area contributed by atoms with Gasteiger partial charge in [-0.05, 0) is 0 Å². The van der Waals surface area contributed by atoms with Gasteiger partial charge in [0, 0.05) is 6.92 Å². The molecule has 0 unspecified atom stereocenters. The Hall–Kier alpha value is -0.870. The van der Waals surface area contributed by atoms with Crippen LogP contribution in [0, 0.1) is 11.3 Å². The summed E-state index contributed by atoms with van der Waals surface area (Å²) in [7, 11) is 0. The van der Waals surface area contributed by atoms with Gasteiger partial charge in [-0.2, -0.15) is 5.26 Å². The molecule has 12 heavy (non-hydrogen) atoms. The predicted octanol–water partition coefficient (Wildman–Crippen LogP) is -6.89. The van der Waals surface area contributed by atoms with Crippen LogP contribution in [0.25, 0.3) is 0 Å². The molecule has 0 aromatic carbocycles. The summed E-state index contributed by atoms with van der Waals surface area (Å²) in [5.74, 6) is 0. The Morgan fingerprint density at radius 3 is 0.583 bits per heavy atom. The summed E-state index contributed by atoms with van der Waals surface area (Å²) in [6, 6.07) is 1.75. The summed E-state index contributed by atoms with van der Waals surface area (Å²) in [5, 5.41) is 7.32. The maximum absolute atomic E-state index is 7.32. The molecule has 0 saturated heterocycles. The molecule has 10 nitrogen and oxygen atoms in total. The van der Waals surface area contributed by atoms with Crippen molar-refractivity contribution in [3.05, 3.63) is 0 Å². The summed E-state index contributed by atoms with van der Waals surface area (Å²) in [6.45, 7) is 1.43. The molecule has 0 bridgehead atoms. The minimum absolute atomic E-state index is 0. The van der Waals surface area contributed by atoms with Crippen molar-refractivity contribution in [2.75, 3.05) is 0 Å². The smallest absolute Gasteiger partial charge is 0.0587 e. The molecule has 0 aliphatic rings. The van der Waals surface area contributed by atoms with Crippen LogP contribution in [-0.2, 0) is 0 Å². The van der Waals surface area contributed by atoms with Gasteiger partial charge in [0.1, 0.15) is 0 Å². The fourth-order valence-corrected chi connectivity index (χ4v) is 0. The van der Waals surface area contributed by atoms with Gasteiger partial charge < -0.3 is 49.3 Å². The molecule has 0 spiro atoms. The van der Waals surface area contributed by atoms with Crippen LogP contribution in [0.5, 0.6) is 0 Å². The van der Waals surface area contributed by atoms with Crippen LogP contribution < -0.4 is 0 Å². The molecule has 10 heteroatoms. The molecule has 88 valence electrons. The molecule has 18 N–H and O–H groups in total. The molecule has 0 fully saturated rings. The van der Waals surface area contributed by atoms with Crippen LogP contribution in [-0.4, -0.2) is 49.3 Å². The highest BCUT2D eigenvalue weighted by molar-refractivity contribution is 4.51. The van der Waals surface area contributed by atoms with Crippen LogP contribution in [0.2, 0.25) is 0 Å². The molecule has 0 saturated carbocycles. The van der Waals surface area contributed by atoms with E-state index < -0.39 is 0 Å². The summed E-state index contributed by atoms with van der Waals surface area (Å²) in [4.78, 5) is 0. The summed E-state index contributed by atoms with van der Waals surface area (Å²) in [5.41, 5.74) is 0. The van der Waals surface area contributed by atoms with Gasteiger partial charge in [-0.25, -0.2) is 0 Å². The number of hydrogen-bond acceptors (Lipinski definition) is 1. The van der Waals surface area contributed by atoms with E-state index in [1.54, 1.807) is 6.07 Å². The zero-order valence-electron chi connectivity index (χ0n) is 6.45. The van der Waals surface area contributed by atoms with E-state index in [1.165, 1.54) is 6.92 Å². The molecule has 0 rings (SSSR count). The van der Waals surface area contributed by atoms with Gasteiger partial charge in [0.05, 0.1) is 6.07 Å². The number of rotatable bonds is 0. The van der Waals surface area contributed by atoms with Gasteiger partial charge in [0.2, 0.25) is 0 Å². The number of nitrogens with zero attached hydrogens (tertiary/aromatic N) is 1. The zero-order chi connectivity index (χ0) is 2.71. The SMILES string of the molecule is CC#N.O.O.O.O.O.O.O.O.O. The lowest BCUT2D eigenvalue weighted by Gasteiger charge is -1.15. The van der Waals surface area contributed by atoms with Gasteiger partial charge in [0.25, 0.3) is 0 Å². The molecule has 0 aromatic rings. The topological polar surface area (TPSA) is 307 Å². The average Bonchev–Trinajstić information content (AvgIpc) is 0.918. The lowest BCUT2D eigenvalue weighted by atomic mass is 11.0. The van der Waals surface area contributed by atoms with Crippen LogP contribution >= 0.6 is 0 Å². The first-order valence-corrected chi connectivity index (χ1v) is 0.724. The molecule has 0 radical (unpaired) electrons. The van der Waals surface area contributed by atoms with E-state index in [-0.39, 0.29) is 49.3 Å². The maximum Gasteiger partial charge on any atom is 0.0587 e. The first kappa shape index (κ1) is 894. The van der Waals surface area contributed by atoms with Crippen LogP contribution in [0.3, 0.4) is 0 Å². The van der Waals surface area contributed by atoms with Crippen molar-refractivity contribution in [2.24, 2.45) is 0 Å². The standard InChI is InChI=1S/C2H3N.9H2O/c1-2-3;;;;;;;;;/h1H3;9*1H2. The van der Waals surface area contributed by atoms with E-state index in [2.05, 4.69) is 0 Å². The molecular weight excluding hydrogens is 182 g/mol. The zero-order valence-corrected chi connectivity index (χ0v) is 6.45. The van der Waals surface area contributed by atoms with Gasteiger partial charge in [-0.15, -0.1) is 0 Å². The first-order valence-electron chi connectivity index (χ1n) is 0.724. The lowest BCUT2D eigenvalue weighted by Crippen LogP contribution is -1.10. The van der Waals surface area contributed by atoms with Crippen molar-refractivity contribution in [2.45, 2.75) is 6.92 Å². The number of nitriles is 1. The Morgan fingerprint density at radius 1 is 0.583 bits per heavy atom. The summed E-state index contributed by atoms with van der Waals surface area (Å²) >= 11 is 0. The first-order chi connectivity index (χ1) is 1.41. The van der Waals surface area contributed by atoms with Crippen LogP contribution in [0.4, 0.5) is 0 Å². The lowest BCUT2D eigenvalue weighted by molar-refractivity contribution is 0.823. The Balaban J connectivity index is -0.000000000556. The summed E-state index contributed by atoms with van der Waals surface area (Å²) < 4.78 is 0. The molecule has 0 aromatic heterocycles. The number of hydrogen-bond donors (Lipinski definition) is 0. The van der Waals surface area contributed by atoms with Gasteiger partial charge >= 0.3 is 0 Å². The van der Waals surface area contributed by atoms with E-state index in [4.69, 9.17) is 5.26 Å². The third-order valence-corrected chi connectivity index (χ3v) is 0. The highest BCUT2D eigenvalue weighted by Crippen LogP contribution is 1.21. The molecule has 0 aliphatic carbocycles. The largest absolute Gasteiger partial charge is 0.412 e. The molecular formula is C2H21NO9. The van der Waals surface area contributed by atoms with Gasteiger partial charge in [0.15, 0.2) is 0 Å². The molecule has 0 amide bonds. The predicted molar refractivity (Wildman–Crippen MR) is 43.8 cm³/mol. The fourth-order valence-electron chi connectivity index (χ4n) is 0. The highest BCUT2D eigenvalue weighted by Gasteiger charge is 1.17. The van der Waals surface area contributed by atoms with Crippen molar-refractivity contribution in [1.29, 1.82) is 5.26 Å². The van der Waals surface area contributed by atoms with E-state index in [9.17, 15) is 0 Å². The fraction of sp³-hybridized carbons (Fsp3) is 0.500. The maximum atomic E-state index is 7.32. The van der Waals surface area contributed by atoms with Crippen LogP contribution in [0.15, 0.2) is 0 Å². The summed E-state index contributed by atoms with van der Waals surface area (Å²) in [6.07, 6.45) is 0. The van der Waals surface area contributed by atoms with Crippen molar-refractivity contribution >= 4 is 0 Å². The Kier molecular flexibility index (Phi) is 3720000. The Morgan fingerprint density at radius 2 is 0.583 bits per heavy atom. The monoisotopic (exact) mass is 203 g/mol. The van der Waals surface area contributed by atoms with Gasteiger partial charge in [-0.1, -0.05) is 0 Å². The average molecular weight is 203 g/mol. The molecule has 0 heterocycles. The van der Waals surface area contributed by atoms with E-state index >= 15 is 0 Å². The quantitative estimate of drug-likeness (QED) is 0.363. The third-order valence-electron chi connectivity index (χ3n) is 0. The second kappa shape index (κ2) is 50000. The van der Waals surface area contributed by atoms with Gasteiger partial charge in [-0.3, -0.25) is 0 Å². The minimum atomic E-state index is 0. The van der Waals surface area contributed by atoms with Crippen molar-refractivity contribution in [3.63, 3.8) is 0 Å². The third kappa shape index (κ3) is 797. The van der Waals surface area contributed by atoms with Crippen molar-refractivity contribution in [3.8, 4) is 6.07 Å². The second-order valence-corrected chi connectivity index (χ2v) is 0.224. The minimum Gasteiger partial charge on any atom is -0.412 e. The Bertz CT molecular complexity index is 34.0. The highest BCUT2D eigenvalue weighted by atomic mass is 16.0. The Labute approximate surface area is 68.8 Å². The van der Waals surface area contributed by atoms with E-state index in [1.807, 2.05) is 0 Å². The molecule has 0 aliphatic heterocycles. The van der Waals surface area contributed by atoms with Crippen LogP contribution in [0.1, 0.15) is 6.92 Å². The normalized spacial score (nSPS) is 0.667. The molecule has 0 atom stereocenters. The van der Waals surface area contributed by atoms with E-state index in [0.717, 1.165) is 0 Å². The van der Waals surface area contributed by atoms with Crippen molar-refractivity contribution < 1.29 is 49.3 Å².